The van der Waals surface area contributed by atoms with Crippen molar-refractivity contribution in [3.8, 4) is 12.3 Å². The minimum absolute atomic E-state index is 0.152. The van der Waals surface area contributed by atoms with Crippen LogP contribution in [0.3, 0.4) is 0 Å². The first-order valence-electron chi connectivity index (χ1n) is 8.26. The minimum Gasteiger partial charge on any atom is -0.305 e. The average Bonchev–Trinajstić information content (AvgIpc) is 2.94. The van der Waals surface area contributed by atoms with E-state index >= 15 is 0 Å². The maximum absolute atomic E-state index is 12.6. The lowest BCUT2D eigenvalue weighted by atomic mass is 10.0. The van der Waals surface area contributed by atoms with E-state index < -0.39 is 0 Å². The summed E-state index contributed by atoms with van der Waals surface area (Å²) in [6.45, 7) is 4.44. The number of carbonyl (C=O) groups is 1. The topological polar surface area (TPSA) is 34.4 Å². The zero-order chi connectivity index (χ0) is 18.7. The molecule has 0 N–H and O–H groups in total. The molecule has 0 aliphatic carbocycles. The molecule has 5 heteroatoms. The second-order valence-electron chi connectivity index (χ2n) is 6.12. The Morgan fingerprint density at radius 3 is 2.81 bits per heavy atom. The van der Waals surface area contributed by atoms with Crippen molar-refractivity contribution in [2.45, 2.75) is 31.7 Å². The van der Waals surface area contributed by atoms with Crippen LogP contribution in [0, 0.1) is 26.2 Å². The SMILES string of the molecule is C#CCn1c(=NC(=O)Cc2cc(C)ccc2C)sc2cc(SC)ccc21. The number of nitrogens with zero attached hydrogens (tertiary/aromatic N) is 2. The van der Waals surface area contributed by atoms with Crippen molar-refractivity contribution in [3.05, 3.63) is 57.9 Å². The fraction of sp³-hybridized carbons (Fsp3) is 0.238. The number of aryl methyl sites for hydroxylation is 2. The van der Waals surface area contributed by atoms with Crippen molar-refractivity contribution in [1.29, 1.82) is 0 Å². The van der Waals surface area contributed by atoms with Crippen LogP contribution in [0.5, 0.6) is 0 Å². The van der Waals surface area contributed by atoms with E-state index in [1.807, 2.05) is 42.9 Å². The molecule has 0 radical (unpaired) electrons. The van der Waals surface area contributed by atoms with Crippen LogP contribution < -0.4 is 4.80 Å². The maximum atomic E-state index is 12.6. The van der Waals surface area contributed by atoms with E-state index in [0.717, 1.165) is 26.9 Å². The van der Waals surface area contributed by atoms with Crippen LogP contribution in [0.15, 0.2) is 46.3 Å². The molecule has 0 aliphatic heterocycles. The number of thioether (sulfide) groups is 1. The quantitative estimate of drug-likeness (QED) is 0.498. The van der Waals surface area contributed by atoms with Crippen molar-refractivity contribution in [2.75, 3.05) is 6.26 Å². The Morgan fingerprint density at radius 2 is 2.08 bits per heavy atom. The molecule has 0 saturated carbocycles. The molecule has 0 atom stereocenters. The first-order chi connectivity index (χ1) is 12.5. The number of carbonyl (C=O) groups excluding carboxylic acids is 1. The Labute approximate surface area is 161 Å². The fourth-order valence-corrected chi connectivity index (χ4v) is 4.41. The average molecular weight is 381 g/mol. The summed E-state index contributed by atoms with van der Waals surface area (Å²) in [6, 6.07) is 12.4. The number of rotatable bonds is 4. The molecule has 0 unspecified atom stereocenters. The van der Waals surface area contributed by atoms with Crippen molar-refractivity contribution in [1.82, 2.24) is 4.57 Å². The second kappa shape index (κ2) is 7.94. The van der Waals surface area contributed by atoms with E-state index in [1.165, 1.54) is 16.2 Å². The molecule has 0 aliphatic rings. The molecule has 1 amide bonds. The van der Waals surface area contributed by atoms with Gasteiger partial charge in [-0.15, -0.1) is 18.2 Å². The van der Waals surface area contributed by atoms with E-state index in [4.69, 9.17) is 6.42 Å². The summed E-state index contributed by atoms with van der Waals surface area (Å²) < 4.78 is 3.02. The third-order valence-electron chi connectivity index (χ3n) is 4.21. The first kappa shape index (κ1) is 18.5. The van der Waals surface area contributed by atoms with Gasteiger partial charge in [0, 0.05) is 4.90 Å². The summed E-state index contributed by atoms with van der Waals surface area (Å²) in [4.78, 5) is 18.8. The molecule has 0 spiro atoms. The van der Waals surface area contributed by atoms with Gasteiger partial charge in [0.1, 0.15) is 0 Å². The van der Waals surface area contributed by atoms with Gasteiger partial charge in [-0.3, -0.25) is 4.79 Å². The highest BCUT2D eigenvalue weighted by Gasteiger charge is 2.10. The van der Waals surface area contributed by atoms with Crippen molar-refractivity contribution < 1.29 is 4.79 Å². The van der Waals surface area contributed by atoms with E-state index in [0.29, 0.717) is 17.8 Å². The Balaban J connectivity index is 2.02. The Kier molecular flexibility index (Phi) is 5.65. The Bertz CT molecular complexity index is 1080. The van der Waals surface area contributed by atoms with Gasteiger partial charge in [-0.05, 0) is 49.4 Å². The summed E-state index contributed by atoms with van der Waals surface area (Å²) in [5, 5.41) is 0. The van der Waals surface area contributed by atoms with Crippen LogP contribution in [0.4, 0.5) is 0 Å². The molecule has 0 fully saturated rings. The third-order valence-corrected chi connectivity index (χ3v) is 5.97. The number of hydrogen-bond acceptors (Lipinski definition) is 3. The molecule has 3 rings (SSSR count). The lowest BCUT2D eigenvalue weighted by molar-refractivity contribution is -0.117. The van der Waals surface area contributed by atoms with Crippen LogP contribution in [-0.4, -0.2) is 16.7 Å². The number of fused-ring (bicyclic) bond motifs is 1. The fourth-order valence-electron chi connectivity index (χ4n) is 2.81. The van der Waals surface area contributed by atoms with E-state index in [2.05, 4.69) is 29.1 Å². The zero-order valence-corrected chi connectivity index (χ0v) is 16.7. The number of benzene rings is 2. The van der Waals surface area contributed by atoms with Crippen LogP contribution in [0.1, 0.15) is 16.7 Å². The van der Waals surface area contributed by atoms with Crippen molar-refractivity contribution >= 4 is 39.2 Å². The predicted molar refractivity (Wildman–Crippen MR) is 111 cm³/mol. The molecule has 0 saturated heterocycles. The Hall–Kier alpha value is -2.29. The largest absolute Gasteiger partial charge is 0.305 e. The molecule has 3 nitrogen and oxygen atoms in total. The second-order valence-corrected chi connectivity index (χ2v) is 8.01. The van der Waals surface area contributed by atoms with E-state index in [-0.39, 0.29) is 5.91 Å². The van der Waals surface area contributed by atoms with Gasteiger partial charge in [0.15, 0.2) is 4.80 Å². The van der Waals surface area contributed by atoms with Gasteiger partial charge in [0.2, 0.25) is 0 Å². The van der Waals surface area contributed by atoms with Gasteiger partial charge in [0.05, 0.1) is 23.2 Å². The summed E-state index contributed by atoms with van der Waals surface area (Å²) in [5.41, 5.74) is 4.29. The normalized spacial score (nSPS) is 11.7. The molecule has 1 heterocycles. The summed E-state index contributed by atoms with van der Waals surface area (Å²) in [5.74, 6) is 2.51. The van der Waals surface area contributed by atoms with Crippen molar-refractivity contribution in [2.24, 2.45) is 4.99 Å². The molecule has 2 aromatic carbocycles. The van der Waals surface area contributed by atoms with E-state index in [9.17, 15) is 4.79 Å². The van der Waals surface area contributed by atoms with Gasteiger partial charge in [-0.2, -0.15) is 4.99 Å². The third kappa shape index (κ3) is 3.92. The molecule has 26 heavy (non-hydrogen) atoms. The Morgan fingerprint density at radius 1 is 1.27 bits per heavy atom. The van der Waals surface area contributed by atoms with Crippen LogP contribution in [-0.2, 0) is 17.8 Å². The van der Waals surface area contributed by atoms with Gasteiger partial charge in [-0.1, -0.05) is 41.0 Å². The number of thiazole rings is 1. The number of hydrogen-bond donors (Lipinski definition) is 0. The highest BCUT2D eigenvalue weighted by molar-refractivity contribution is 7.98. The van der Waals surface area contributed by atoms with Gasteiger partial charge < -0.3 is 4.57 Å². The molecule has 132 valence electrons. The van der Waals surface area contributed by atoms with Gasteiger partial charge in [0.25, 0.3) is 5.91 Å². The molecular formula is C21H20N2OS2. The number of amides is 1. The smallest absolute Gasteiger partial charge is 0.252 e. The highest BCUT2D eigenvalue weighted by Crippen LogP contribution is 2.24. The molecule has 1 aromatic heterocycles. The van der Waals surface area contributed by atoms with Crippen LogP contribution in [0.2, 0.25) is 0 Å². The van der Waals surface area contributed by atoms with E-state index in [1.54, 1.807) is 11.8 Å². The monoisotopic (exact) mass is 380 g/mol. The molecular weight excluding hydrogens is 360 g/mol. The maximum Gasteiger partial charge on any atom is 0.252 e. The van der Waals surface area contributed by atoms with Crippen molar-refractivity contribution in [3.63, 3.8) is 0 Å². The highest BCUT2D eigenvalue weighted by atomic mass is 32.2. The standard InChI is InChI=1S/C21H20N2OS2/c1-5-10-23-18-9-8-17(25-4)13-19(18)26-21(23)22-20(24)12-16-11-14(2)6-7-15(16)3/h1,6-9,11,13H,10,12H2,2-4H3. The van der Waals surface area contributed by atoms with Crippen LogP contribution in [0.25, 0.3) is 10.2 Å². The molecule has 0 bridgehead atoms. The first-order valence-corrected chi connectivity index (χ1v) is 10.3. The zero-order valence-electron chi connectivity index (χ0n) is 15.1. The van der Waals surface area contributed by atoms with Gasteiger partial charge in [-0.25, -0.2) is 0 Å². The summed E-state index contributed by atoms with van der Waals surface area (Å²) in [6.07, 6.45) is 7.87. The summed E-state index contributed by atoms with van der Waals surface area (Å²) in [7, 11) is 0. The summed E-state index contributed by atoms with van der Waals surface area (Å²) >= 11 is 3.20. The molecule has 3 aromatic rings. The van der Waals surface area contributed by atoms with Crippen LogP contribution >= 0.6 is 23.1 Å². The van der Waals surface area contributed by atoms with Gasteiger partial charge >= 0.3 is 0 Å². The predicted octanol–water partition coefficient (Wildman–Crippen LogP) is 4.34. The minimum atomic E-state index is -0.152. The lowest BCUT2D eigenvalue weighted by Crippen LogP contribution is -2.17. The lowest BCUT2D eigenvalue weighted by Gasteiger charge is -2.04. The number of terminal acetylenes is 1. The number of aromatic nitrogens is 1.